The maximum absolute atomic E-state index is 5.82. The Hall–Kier alpha value is -1.39. The highest BCUT2D eigenvalue weighted by Gasteiger charge is 2.01. The smallest absolute Gasteiger partial charge is 0.161 e. The average Bonchev–Trinajstić information content (AvgIpc) is 2.16. The second-order valence-electron chi connectivity index (χ2n) is 2.97. The number of fused-ring (bicyclic) bond motifs is 1. The van der Waals surface area contributed by atoms with E-state index in [2.05, 4.69) is 9.97 Å². The van der Waals surface area contributed by atoms with Crippen molar-refractivity contribution >= 4 is 28.5 Å². The Labute approximate surface area is 86.3 Å². The first-order chi connectivity index (χ1) is 6.66. The van der Waals surface area contributed by atoms with Crippen LogP contribution in [0, 0.1) is 0 Å². The summed E-state index contributed by atoms with van der Waals surface area (Å²) in [6.45, 7) is 0. The lowest BCUT2D eigenvalue weighted by molar-refractivity contribution is 0.976. The fourth-order valence-electron chi connectivity index (χ4n) is 1.14. The van der Waals surface area contributed by atoms with Crippen LogP contribution in [0.15, 0.2) is 24.4 Å². The minimum absolute atomic E-state index is 0.625. The fraction of sp³-hybridized carbons (Fsp3) is 0.111. The van der Waals surface area contributed by atoms with Crippen molar-refractivity contribution in [2.45, 2.75) is 0 Å². The maximum Gasteiger partial charge on any atom is 0.161 e. The maximum atomic E-state index is 5.82. The van der Waals surface area contributed by atoms with Crippen LogP contribution in [-0.2, 0) is 0 Å². The first-order valence-corrected chi connectivity index (χ1v) is 4.45. The van der Waals surface area contributed by atoms with Crippen molar-refractivity contribution in [2.24, 2.45) is 5.84 Å². The van der Waals surface area contributed by atoms with E-state index in [4.69, 9.17) is 17.4 Å². The largest absolute Gasteiger partial charge is 0.297 e. The number of hydrazine groups is 1. The highest BCUT2D eigenvalue weighted by atomic mass is 35.5. The van der Waals surface area contributed by atoms with Gasteiger partial charge in [0.25, 0.3) is 0 Å². The quantitative estimate of drug-likeness (QED) is 0.571. The zero-order valence-corrected chi connectivity index (χ0v) is 8.36. The zero-order chi connectivity index (χ0) is 10.1. The summed E-state index contributed by atoms with van der Waals surface area (Å²) in [5.41, 5.74) is 1.55. The predicted molar refractivity (Wildman–Crippen MR) is 57.1 cm³/mol. The van der Waals surface area contributed by atoms with E-state index in [1.165, 1.54) is 5.01 Å². The molecule has 0 saturated carbocycles. The molecule has 2 N–H and O–H groups in total. The standard InChI is InChI=1S/C9H9ClN4/c1-14(11)9-5-12-8-4-6(10)2-3-7(8)13-9/h2-5H,11H2,1H3. The molecule has 1 aromatic carbocycles. The third-order valence-corrected chi connectivity index (χ3v) is 2.09. The Kier molecular flexibility index (Phi) is 2.23. The van der Waals surface area contributed by atoms with Gasteiger partial charge in [-0.15, -0.1) is 0 Å². The molecule has 0 spiro atoms. The molecule has 0 radical (unpaired) electrons. The van der Waals surface area contributed by atoms with Gasteiger partial charge in [-0.3, -0.25) is 9.99 Å². The van der Waals surface area contributed by atoms with Crippen molar-refractivity contribution in [3.8, 4) is 0 Å². The molecule has 1 heterocycles. The van der Waals surface area contributed by atoms with Crippen LogP contribution in [0.2, 0.25) is 5.02 Å². The summed E-state index contributed by atoms with van der Waals surface area (Å²) >= 11 is 5.82. The number of aromatic nitrogens is 2. The van der Waals surface area contributed by atoms with Crippen molar-refractivity contribution in [1.82, 2.24) is 9.97 Å². The molecule has 2 aromatic rings. The number of hydrogen-bond donors (Lipinski definition) is 1. The fourth-order valence-corrected chi connectivity index (χ4v) is 1.31. The molecule has 2 rings (SSSR count). The van der Waals surface area contributed by atoms with Gasteiger partial charge in [0.2, 0.25) is 0 Å². The normalized spacial score (nSPS) is 10.5. The summed E-state index contributed by atoms with van der Waals surface area (Å²) in [5, 5.41) is 2.07. The van der Waals surface area contributed by atoms with Gasteiger partial charge in [-0.25, -0.2) is 10.8 Å². The molecular formula is C9H9ClN4. The number of rotatable bonds is 1. The van der Waals surface area contributed by atoms with Crippen LogP contribution >= 0.6 is 11.6 Å². The summed E-state index contributed by atoms with van der Waals surface area (Å²) in [4.78, 5) is 8.49. The first-order valence-electron chi connectivity index (χ1n) is 4.07. The molecule has 0 atom stereocenters. The highest BCUT2D eigenvalue weighted by Crippen LogP contribution is 2.17. The van der Waals surface area contributed by atoms with Gasteiger partial charge in [-0.05, 0) is 18.2 Å². The summed E-state index contributed by atoms with van der Waals surface area (Å²) in [5.74, 6) is 6.16. The van der Waals surface area contributed by atoms with Gasteiger partial charge in [-0.2, -0.15) is 0 Å². The number of hydrogen-bond acceptors (Lipinski definition) is 4. The van der Waals surface area contributed by atoms with E-state index >= 15 is 0 Å². The molecule has 0 unspecified atom stereocenters. The topological polar surface area (TPSA) is 55.0 Å². The number of nitrogens with two attached hydrogens (primary N) is 1. The van der Waals surface area contributed by atoms with Crippen LogP contribution in [-0.4, -0.2) is 17.0 Å². The lowest BCUT2D eigenvalue weighted by Gasteiger charge is -2.10. The van der Waals surface area contributed by atoms with Crippen molar-refractivity contribution in [1.29, 1.82) is 0 Å². The lowest BCUT2D eigenvalue weighted by Crippen LogP contribution is -2.26. The van der Waals surface area contributed by atoms with Gasteiger partial charge in [0.05, 0.1) is 17.2 Å². The number of halogens is 1. The first kappa shape index (κ1) is 9.18. The molecule has 0 fully saturated rings. The van der Waals surface area contributed by atoms with Gasteiger partial charge in [0.15, 0.2) is 5.82 Å². The Morgan fingerprint density at radius 2 is 2.14 bits per heavy atom. The average molecular weight is 209 g/mol. The van der Waals surface area contributed by atoms with E-state index in [-0.39, 0.29) is 0 Å². The van der Waals surface area contributed by atoms with E-state index in [0.29, 0.717) is 10.8 Å². The number of benzene rings is 1. The monoisotopic (exact) mass is 208 g/mol. The molecule has 5 heteroatoms. The predicted octanol–water partition coefficient (Wildman–Crippen LogP) is 1.59. The SMILES string of the molecule is CN(N)c1cnc2cc(Cl)ccc2n1. The molecule has 14 heavy (non-hydrogen) atoms. The second kappa shape index (κ2) is 3.40. The Bertz CT molecular complexity index is 469. The molecule has 0 amide bonds. The summed E-state index contributed by atoms with van der Waals surface area (Å²) in [6, 6.07) is 5.36. The van der Waals surface area contributed by atoms with Crippen molar-refractivity contribution in [3.63, 3.8) is 0 Å². The molecule has 4 nitrogen and oxygen atoms in total. The van der Waals surface area contributed by atoms with Crippen LogP contribution in [0.5, 0.6) is 0 Å². The third-order valence-electron chi connectivity index (χ3n) is 1.85. The van der Waals surface area contributed by atoms with Crippen molar-refractivity contribution in [2.75, 3.05) is 12.1 Å². The van der Waals surface area contributed by atoms with E-state index in [9.17, 15) is 0 Å². The molecule has 0 bridgehead atoms. The van der Waals surface area contributed by atoms with Crippen LogP contribution in [0.1, 0.15) is 0 Å². The minimum atomic E-state index is 0.625. The van der Waals surface area contributed by atoms with E-state index in [0.717, 1.165) is 11.0 Å². The summed E-state index contributed by atoms with van der Waals surface area (Å²) in [6.07, 6.45) is 1.61. The molecule has 0 saturated heterocycles. The highest BCUT2D eigenvalue weighted by molar-refractivity contribution is 6.31. The van der Waals surface area contributed by atoms with Crippen LogP contribution < -0.4 is 10.9 Å². The Balaban J connectivity index is 2.62. The zero-order valence-electron chi connectivity index (χ0n) is 7.61. The van der Waals surface area contributed by atoms with Crippen LogP contribution in [0.3, 0.4) is 0 Å². The molecule has 0 aliphatic heterocycles. The van der Waals surface area contributed by atoms with Crippen molar-refractivity contribution in [3.05, 3.63) is 29.4 Å². The van der Waals surface area contributed by atoms with Gasteiger partial charge in [-0.1, -0.05) is 11.6 Å². The lowest BCUT2D eigenvalue weighted by atomic mass is 10.3. The van der Waals surface area contributed by atoms with Gasteiger partial charge in [0.1, 0.15) is 0 Å². The minimum Gasteiger partial charge on any atom is -0.297 e. The summed E-state index contributed by atoms with van der Waals surface area (Å²) < 4.78 is 0. The Morgan fingerprint density at radius 3 is 2.86 bits per heavy atom. The van der Waals surface area contributed by atoms with Crippen molar-refractivity contribution < 1.29 is 0 Å². The number of anilines is 1. The van der Waals surface area contributed by atoms with Crippen LogP contribution in [0.4, 0.5) is 5.82 Å². The summed E-state index contributed by atoms with van der Waals surface area (Å²) in [7, 11) is 1.71. The van der Waals surface area contributed by atoms with Gasteiger partial charge >= 0.3 is 0 Å². The number of nitrogens with zero attached hydrogens (tertiary/aromatic N) is 3. The van der Waals surface area contributed by atoms with E-state index in [1.807, 2.05) is 6.07 Å². The van der Waals surface area contributed by atoms with E-state index < -0.39 is 0 Å². The van der Waals surface area contributed by atoms with Gasteiger partial charge < -0.3 is 0 Å². The van der Waals surface area contributed by atoms with E-state index in [1.54, 1.807) is 25.4 Å². The molecular weight excluding hydrogens is 200 g/mol. The third kappa shape index (κ3) is 1.62. The van der Waals surface area contributed by atoms with Gasteiger partial charge in [0, 0.05) is 12.1 Å². The molecule has 0 aliphatic rings. The van der Waals surface area contributed by atoms with Crippen LogP contribution in [0.25, 0.3) is 11.0 Å². The second-order valence-corrected chi connectivity index (χ2v) is 3.41. The molecule has 1 aromatic heterocycles. The molecule has 0 aliphatic carbocycles. The molecule has 72 valence electrons. The Morgan fingerprint density at radius 1 is 1.36 bits per heavy atom.